The first-order valence-corrected chi connectivity index (χ1v) is 7.80. The lowest BCUT2D eigenvalue weighted by molar-refractivity contribution is -0.149. The third kappa shape index (κ3) is 4.18. The summed E-state index contributed by atoms with van der Waals surface area (Å²) in [6.45, 7) is 6.94. The van der Waals surface area contributed by atoms with Crippen LogP contribution in [0.5, 0.6) is 0 Å². The lowest BCUT2D eigenvalue weighted by Gasteiger charge is -2.32. The Balaban J connectivity index is 1.64. The van der Waals surface area contributed by atoms with E-state index < -0.39 is 0 Å². The highest BCUT2D eigenvalue weighted by Crippen LogP contribution is 2.21. The van der Waals surface area contributed by atoms with Gasteiger partial charge in [0.2, 0.25) is 0 Å². The van der Waals surface area contributed by atoms with Crippen LogP contribution in [0.4, 0.5) is 0 Å². The van der Waals surface area contributed by atoms with Gasteiger partial charge in [0.05, 0.1) is 12.5 Å². The molecule has 0 amide bonds. The molecule has 0 aliphatic carbocycles. The summed E-state index contributed by atoms with van der Waals surface area (Å²) in [5.41, 5.74) is 0. The quantitative estimate of drug-likeness (QED) is 0.711. The summed E-state index contributed by atoms with van der Waals surface area (Å²) in [4.78, 5) is 16.7. The summed E-state index contributed by atoms with van der Waals surface area (Å²) >= 11 is 0. The van der Waals surface area contributed by atoms with Gasteiger partial charge in [-0.2, -0.15) is 0 Å². The van der Waals surface area contributed by atoms with Gasteiger partial charge in [-0.05, 0) is 72.3 Å². The molecule has 0 spiro atoms. The molecule has 0 saturated carbocycles. The lowest BCUT2D eigenvalue weighted by Crippen LogP contribution is -2.39. The van der Waals surface area contributed by atoms with E-state index >= 15 is 0 Å². The highest BCUT2D eigenvalue weighted by molar-refractivity contribution is 5.72. The standard InChI is InChI=1S/C15H28N2O2/c1-3-19-15(18)13-6-10-17(11-7-13)12-8-14-5-4-9-16(14)2/h13-14H,3-12H2,1-2H3/t14-/m1/s1. The Hall–Kier alpha value is -0.610. The number of hydrogen-bond acceptors (Lipinski definition) is 4. The predicted octanol–water partition coefficient (Wildman–Crippen LogP) is 1.75. The third-order valence-corrected chi connectivity index (χ3v) is 4.66. The van der Waals surface area contributed by atoms with E-state index in [0.717, 1.165) is 32.0 Å². The van der Waals surface area contributed by atoms with Crippen molar-refractivity contribution in [2.75, 3.05) is 39.8 Å². The number of carbonyl (C=O) groups excluding carboxylic acids is 1. The second-order valence-corrected chi connectivity index (χ2v) is 5.93. The molecule has 0 N–H and O–H groups in total. The van der Waals surface area contributed by atoms with Gasteiger partial charge in [0.1, 0.15) is 0 Å². The third-order valence-electron chi connectivity index (χ3n) is 4.66. The van der Waals surface area contributed by atoms with E-state index in [0.29, 0.717) is 6.61 Å². The molecule has 2 rings (SSSR count). The van der Waals surface area contributed by atoms with Crippen LogP contribution >= 0.6 is 0 Å². The van der Waals surface area contributed by atoms with Gasteiger partial charge in [-0.15, -0.1) is 0 Å². The molecule has 2 aliphatic rings. The second-order valence-electron chi connectivity index (χ2n) is 5.93. The molecule has 2 heterocycles. The van der Waals surface area contributed by atoms with Gasteiger partial charge in [-0.1, -0.05) is 0 Å². The fourth-order valence-electron chi connectivity index (χ4n) is 3.33. The SMILES string of the molecule is CCOC(=O)C1CCN(CC[C@H]2CCCN2C)CC1. The van der Waals surface area contributed by atoms with Crippen LogP contribution in [-0.4, -0.2) is 61.6 Å². The zero-order valence-electron chi connectivity index (χ0n) is 12.4. The molecule has 2 aliphatic heterocycles. The average molecular weight is 268 g/mol. The first kappa shape index (κ1) is 14.8. The van der Waals surface area contributed by atoms with Crippen molar-refractivity contribution in [1.29, 1.82) is 0 Å². The molecular formula is C15H28N2O2. The highest BCUT2D eigenvalue weighted by Gasteiger charge is 2.27. The summed E-state index contributed by atoms with van der Waals surface area (Å²) in [7, 11) is 2.24. The maximum atomic E-state index is 11.7. The summed E-state index contributed by atoms with van der Waals surface area (Å²) in [6.07, 6.45) is 5.93. The van der Waals surface area contributed by atoms with Crippen LogP contribution in [0.2, 0.25) is 0 Å². The minimum atomic E-state index is 0.0117. The van der Waals surface area contributed by atoms with Crippen LogP contribution in [0, 0.1) is 5.92 Å². The first-order valence-electron chi connectivity index (χ1n) is 7.80. The van der Waals surface area contributed by atoms with Crippen molar-refractivity contribution in [2.24, 2.45) is 5.92 Å². The lowest BCUT2D eigenvalue weighted by atomic mass is 9.96. The van der Waals surface area contributed by atoms with Crippen molar-refractivity contribution in [1.82, 2.24) is 9.80 Å². The number of likely N-dealkylation sites (tertiary alicyclic amines) is 2. The number of hydrogen-bond donors (Lipinski definition) is 0. The molecular weight excluding hydrogens is 240 g/mol. The van der Waals surface area contributed by atoms with Crippen LogP contribution < -0.4 is 0 Å². The monoisotopic (exact) mass is 268 g/mol. The van der Waals surface area contributed by atoms with Crippen LogP contribution in [0.15, 0.2) is 0 Å². The van der Waals surface area contributed by atoms with E-state index in [1.54, 1.807) is 0 Å². The number of rotatable bonds is 5. The number of piperidine rings is 1. The van der Waals surface area contributed by atoms with Crippen molar-refractivity contribution in [3.8, 4) is 0 Å². The fraction of sp³-hybridized carbons (Fsp3) is 0.933. The van der Waals surface area contributed by atoms with Crippen molar-refractivity contribution in [3.05, 3.63) is 0 Å². The van der Waals surface area contributed by atoms with Gasteiger partial charge in [0, 0.05) is 6.04 Å². The molecule has 110 valence electrons. The molecule has 0 aromatic rings. The van der Waals surface area contributed by atoms with Crippen molar-refractivity contribution >= 4 is 5.97 Å². The van der Waals surface area contributed by atoms with Gasteiger partial charge in [0.25, 0.3) is 0 Å². The molecule has 0 unspecified atom stereocenters. The molecule has 2 fully saturated rings. The average Bonchev–Trinajstić information content (AvgIpc) is 2.83. The Morgan fingerprint density at radius 3 is 2.53 bits per heavy atom. The largest absolute Gasteiger partial charge is 0.466 e. The number of nitrogens with zero attached hydrogens (tertiary/aromatic N) is 2. The number of esters is 1. The van der Waals surface area contributed by atoms with Crippen molar-refractivity contribution in [2.45, 2.75) is 45.1 Å². The summed E-state index contributed by atoms with van der Waals surface area (Å²) in [5, 5.41) is 0. The Labute approximate surface area is 117 Å². The van der Waals surface area contributed by atoms with Gasteiger partial charge in [-0.3, -0.25) is 4.79 Å². The number of ether oxygens (including phenoxy) is 1. The van der Waals surface area contributed by atoms with Crippen LogP contribution in [0.25, 0.3) is 0 Å². The minimum absolute atomic E-state index is 0.0117. The van der Waals surface area contributed by atoms with Crippen molar-refractivity contribution in [3.63, 3.8) is 0 Å². The van der Waals surface area contributed by atoms with Gasteiger partial charge in [-0.25, -0.2) is 0 Å². The van der Waals surface area contributed by atoms with E-state index in [4.69, 9.17) is 4.74 Å². The van der Waals surface area contributed by atoms with E-state index in [2.05, 4.69) is 16.8 Å². The molecule has 0 aromatic heterocycles. The normalized spacial score (nSPS) is 26.7. The van der Waals surface area contributed by atoms with E-state index in [1.165, 1.54) is 32.4 Å². The van der Waals surface area contributed by atoms with Crippen LogP contribution in [0.3, 0.4) is 0 Å². The summed E-state index contributed by atoms with van der Waals surface area (Å²) in [6, 6.07) is 0.780. The van der Waals surface area contributed by atoms with E-state index in [1.807, 2.05) is 6.92 Å². The fourth-order valence-corrected chi connectivity index (χ4v) is 3.33. The summed E-state index contributed by atoms with van der Waals surface area (Å²) < 4.78 is 5.11. The molecule has 0 aromatic carbocycles. The van der Waals surface area contributed by atoms with Gasteiger partial charge >= 0.3 is 5.97 Å². The molecule has 1 atom stereocenters. The maximum Gasteiger partial charge on any atom is 0.309 e. The topological polar surface area (TPSA) is 32.8 Å². The molecule has 4 nitrogen and oxygen atoms in total. The zero-order valence-corrected chi connectivity index (χ0v) is 12.4. The first-order chi connectivity index (χ1) is 9.20. The highest BCUT2D eigenvalue weighted by atomic mass is 16.5. The van der Waals surface area contributed by atoms with E-state index in [9.17, 15) is 4.79 Å². The zero-order chi connectivity index (χ0) is 13.7. The molecule has 0 radical (unpaired) electrons. The molecule has 4 heteroatoms. The van der Waals surface area contributed by atoms with Crippen LogP contribution in [0.1, 0.15) is 39.0 Å². The minimum Gasteiger partial charge on any atom is -0.466 e. The van der Waals surface area contributed by atoms with Gasteiger partial charge in [0.15, 0.2) is 0 Å². The van der Waals surface area contributed by atoms with Crippen LogP contribution in [-0.2, 0) is 9.53 Å². The Kier molecular flexibility index (Phi) is 5.64. The summed E-state index contributed by atoms with van der Waals surface area (Å²) in [5.74, 6) is 0.156. The predicted molar refractivity (Wildman–Crippen MR) is 76.1 cm³/mol. The van der Waals surface area contributed by atoms with Gasteiger partial charge < -0.3 is 14.5 Å². The van der Waals surface area contributed by atoms with Crippen molar-refractivity contribution < 1.29 is 9.53 Å². The Bertz CT molecular complexity index is 288. The number of carbonyl (C=O) groups is 1. The molecule has 0 bridgehead atoms. The Morgan fingerprint density at radius 1 is 1.21 bits per heavy atom. The Morgan fingerprint density at radius 2 is 1.95 bits per heavy atom. The molecule has 2 saturated heterocycles. The molecule has 19 heavy (non-hydrogen) atoms. The second kappa shape index (κ2) is 7.25. The maximum absolute atomic E-state index is 11.7. The smallest absolute Gasteiger partial charge is 0.309 e. The van der Waals surface area contributed by atoms with E-state index in [-0.39, 0.29) is 11.9 Å².